The SMILES string of the molecule is Cc1cc(N(C)CC2CCCCO2)ccc1C=CC(=O)O. The molecule has 0 bridgehead atoms. The number of ether oxygens (including phenoxy) is 1. The van der Waals surface area contributed by atoms with Gasteiger partial charge in [0.05, 0.1) is 6.10 Å². The van der Waals surface area contributed by atoms with Crippen molar-refractivity contribution in [3.8, 4) is 0 Å². The van der Waals surface area contributed by atoms with Gasteiger partial charge in [0.25, 0.3) is 0 Å². The summed E-state index contributed by atoms with van der Waals surface area (Å²) >= 11 is 0. The third-order valence-electron chi connectivity index (χ3n) is 3.85. The molecule has 0 spiro atoms. The summed E-state index contributed by atoms with van der Waals surface area (Å²) in [5.74, 6) is -0.926. The van der Waals surface area contributed by atoms with Crippen molar-refractivity contribution in [2.45, 2.75) is 32.3 Å². The molecule has 1 aromatic rings. The highest BCUT2D eigenvalue weighted by molar-refractivity contribution is 5.85. The summed E-state index contributed by atoms with van der Waals surface area (Å²) in [6, 6.07) is 6.07. The number of nitrogens with zero attached hydrogens (tertiary/aromatic N) is 1. The summed E-state index contributed by atoms with van der Waals surface area (Å²) in [5.41, 5.74) is 3.14. The number of hydrogen-bond acceptors (Lipinski definition) is 3. The number of carboxylic acids is 1. The van der Waals surface area contributed by atoms with E-state index in [1.54, 1.807) is 6.08 Å². The molecule has 1 fully saturated rings. The number of aryl methyl sites for hydroxylation is 1. The van der Waals surface area contributed by atoms with Crippen LogP contribution in [0.5, 0.6) is 0 Å². The standard InChI is InChI=1S/C17H23NO3/c1-13-11-15(8-6-14(13)7-9-17(19)20)18(2)12-16-5-3-4-10-21-16/h6-9,11,16H,3-5,10,12H2,1-2H3,(H,19,20). The summed E-state index contributed by atoms with van der Waals surface area (Å²) in [5, 5.41) is 8.68. The van der Waals surface area contributed by atoms with E-state index in [0.717, 1.165) is 36.4 Å². The minimum Gasteiger partial charge on any atom is -0.478 e. The van der Waals surface area contributed by atoms with Crippen LogP contribution >= 0.6 is 0 Å². The number of aliphatic carboxylic acids is 1. The van der Waals surface area contributed by atoms with Crippen LogP contribution in [0, 0.1) is 6.92 Å². The third-order valence-corrected chi connectivity index (χ3v) is 3.85. The lowest BCUT2D eigenvalue weighted by Gasteiger charge is -2.29. The van der Waals surface area contributed by atoms with Crippen molar-refractivity contribution in [1.82, 2.24) is 0 Å². The van der Waals surface area contributed by atoms with Gasteiger partial charge < -0.3 is 14.7 Å². The van der Waals surface area contributed by atoms with Gasteiger partial charge in [0, 0.05) is 32.0 Å². The van der Waals surface area contributed by atoms with Crippen LogP contribution in [-0.2, 0) is 9.53 Å². The predicted octanol–water partition coefficient (Wildman–Crippen LogP) is 3.10. The first-order valence-corrected chi connectivity index (χ1v) is 7.40. The van der Waals surface area contributed by atoms with Crippen molar-refractivity contribution in [1.29, 1.82) is 0 Å². The van der Waals surface area contributed by atoms with Crippen molar-refractivity contribution < 1.29 is 14.6 Å². The fourth-order valence-electron chi connectivity index (χ4n) is 2.61. The Morgan fingerprint density at radius 2 is 2.29 bits per heavy atom. The summed E-state index contributed by atoms with van der Waals surface area (Å²) in [7, 11) is 2.07. The van der Waals surface area contributed by atoms with E-state index in [4.69, 9.17) is 9.84 Å². The van der Waals surface area contributed by atoms with Gasteiger partial charge in [-0.05, 0) is 55.5 Å². The predicted molar refractivity (Wildman–Crippen MR) is 84.7 cm³/mol. The van der Waals surface area contributed by atoms with Crippen LogP contribution in [0.25, 0.3) is 6.08 Å². The minimum absolute atomic E-state index is 0.315. The fourth-order valence-corrected chi connectivity index (χ4v) is 2.61. The zero-order chi connectivity index (χ0) is 15.2. The lowest BCUT2D eigenvalue weighted by molar-refractivity contribution is -0.131. The largest absolute Gasteiger partial charge is 0.478 e. The number of anilines is 1. The Kier molecular flexibility index (Phi) is 5.39. The monoisotopic (exact) mass is 289 g/mol. The molecule has 4 heteroatoms. The molecule has 21 heavy (non-hydrogen) atoms. The second kappa shape index (κ2) is 7.27. The molecule has 0 radical (unpaired) electrons. The average molecular weight is 289 g/mol. The molecule has 1 atom stereocenters. The summed E-state index contributed by atoms with van der Waals surface area (Å²) < 4.78 is 5.77. The maximum atomic E-state index is 10.6. The highest BCUT2D eigenvalue weighted by Crippen LogP contribution is 2.21. The quantitative estimate of drug-likeness (QED) is 0.846. The number of likely N-dealkylation sites (N-methyl/N-ethyl adjacent to an activating group) is 1. The lowest BCUT2D eigenvalue weighted by Crippen LogP contribution is -2.33. The van der Waals surface area contributed by atoms with Gasteiger partial charge >= 0.3 is 5.97 Å². The molecule has 1 aliphatic heterocycles. The van der Waals surface area contributed by atoms with Gasteiger partial charge in [0.15, 0.2) is 0 Å². The Balaban J connectivity index is 2.02. The Morgan fingerprint density at radius 3 is 2.90 bits per heavy atom. The number of benzene rings is 1. The van der Waals surface area contributed by atoms with Gasteiger partial charge in [0.1, 0.15) is 0 Å². The van der Waals surface area contributed by atoms with Gasteiger partial charge in [-0.1, -0.05) is 6.07 Å². The molecule has 4 nitrogen and oxygen atoms in total. The first kappa shape index (κ1) is 15.6. The average Bonchev–Trinajstić information content (AvgIpc) is 2.46. The fraction of sp³-hybridized carbons (Fsp3) is 0.471. The van der Waals surface area contributed by atoms with Gasteiger partial charge in [-0.15, -0.1) is 0 Å². The van der Waals surface area contributed by atoms with Gasteiger partial charge in [-0.3, -0.25) is 0 Å². The zero-order valence-corrected chi connectivity index (χ0v) is 12.7. The first-order valence-electron chi connectivity index (χ1n) is 7.40. The normalized spacial score (nSPS) is 18.9. The van der Waals surface area contributed by atoms with Crippen LogP contribution in [0.2, 0.25) is 0 Å². The minimum atomic E-state index is -0.926. The van der Waals surface area contributed by atoms with Crippen LogP contribution in [0.3, 0.4) is 0 Å². The molecular formula is C17H23NO3. The molecular weight excluding hydrogens is 266 g/mol. The van der Waals surface area contributed by atoms with E-state index in [-0.39, 0.29) is 0 Å². The highest BCUT2D eigenvalue weighted by atomic mass is 16.5. The molecule has 114 valence electrons. The smallest absolute Gasteiger partial charge is 0.328 e. The second-order valence-electron chi connectivity index (χ2n) is 5.58. The number of carboxylic acid groups (broad SMARTS) is 1. The summed E-state index contributed by atoms with van der Waals surface area (Å²) in [6.07, 6.45) is 6.66. The van der Waals surface area contributed by atoms with Crippen LogP contribution in [-0.4, -0.2) is 37.4 Å². The topological polar surface area (TPSA) is 49.8 Å². The van der Waals surface area contributed by atoms with E-state index < -0.39 is 5.97 Å². The van der Waals surface area contributed by atoms with Crippen LogP contribution < -0.4 is 4.90 Å². The van der Waals surface area contributed by atoms with E-state index in [1.807, 2.05) is 19.1 Å². The zero-order valence-electron chi connectivity index (χ0n) is 12.7. The number of hydrogen-bond donors (Lipinski definition) is 1. The van der Waals surface area contributed by atoms with E-state index in [2.05, 4.69) is 18.0 Å². The van der Waals surface area contributed by atoms with Gasteiger partial charge in [0.2, 0.25) is 0 Å². The van der Waals surface area contributed by atoms with Crippen molar-refractivity contribution in [3.05, 3.63) is 35.4 Å². The molecule has 1 aliphatic rings. The molecule has 0 aliphatic carbocycles. The van der Waals surface area contributed by atoms with Crippen molar-refractivity contribution in [2.24, 2.45) is 0 Å². The van der Waals surface area contributed by atoms with Gasteiger partial charge in [-0.2, -0.15) is 0 Å². The van der Waals surface area contributed by atoms with Crippen LogP contribution in [0.4, 0.5) is 5.69 Å². The molecule has 1 N–H and O–H groups in total. The molecule has 0 aromatic heterocycles. The molecule has 1 aromatic carbocycles. The van der Waals surface area contributed by atoms with E-state index >= 15 is 0 Å². The van der Waals surface area contributed by atoms with Crippen LogP contribution in [0.1, 0.15) is 30.4 Å². The number of carbonyl (C=O) groups is 1. The Labute approximate surface area is 126 Å². The maximum Gasteiger partial charge on any atom is 0.328 e. The molecule has 2 rings (SSSR count). The van der Waals surface area contributed by atoms with E-state index in [1.165, 1.54) is 18.9 Å². The van der Waals surface area contributed by atoms with Crippen molar-refractivity contribution in [2.75, 3.05) is 25.1 Å². The molecule has 0 amide bonds. The van der Waals surface area contributed by atoms with E-state index in [0.29, 0.717) is 6.10 Å². The summed E-state index contributed by atoms with van der Waals surface area (Å²) in [4.78, 5) is 12.8. The lowest BCUT2D eigenvalue weighted by atomic mass is 10.1. The third kappa shape index (κ3) is 4.60. The molecule has 1 heterocycles. The maximum absolute atomic E-state index is 10.6. The Morgan fingerprint density at radius 1 is 1.48 bits per heavy atom. The molecule has 1 unspecified atom stereocenters. The van der Waals surface area contributed by atoms with E-state index in [9.17, 15) is 4.79 Å². The molecule has 1 saturated heterocycles. The van der Waals surface area contributed by atoms with Crippen molar-refractivity contribution >= 4 is 17.7 Å². The second-order valence-corrected chi connectivity index (χ2v) is 5.58. The molecule has 0 saturated carbocycles. The Bertz CT molecular complexity index is 519. The highest BCUT2D eigenvalue weighted by Gasteiger charge is 2.16. The summed E-state index contributed by atoms with van der Waals surface area (Å²) in [6.45, 7) is 3.76. The number of rotatable bonds is 5. The van der Waals surface area contributed by atoms with Crippen molar-refractivity contribution in [3.63, 3.8) is 0 Å². The van der Waals surface area contributed by atoms with Gasteiger partial charge in [-0.25, -0.2) is 4.79 Å². The first-order chi connectivity index (χ1) is 10.1. The van der Waals surface area contributed by atoms with Crippen LogP contribution in [0.15, 0.2) is 24.3 Å². The Hall–Kier alpha value is -1.81.